The number of methoxy groups -OCH3 is 3. The molecule has 1 unspecified atom stereocenters. The lowest BCUT2D eigenvalue weighted by Gasteiger charge is -2.34. The van der Waals surface area contributed by atoms with Crippen molar-refractivity contribution < 1.29 is 23.7 Å². The van der Waals surface area contributed by atoms with Gasteiger partial charge in [0.15, 0.2) is 11.5 Å². The number of nitrogens with zero attached hydrogens (tertiary/aromatic N) is 2. The Balaban J connectivity index is 1.78. The minimum Gasteiger partial charge on any atom is -0.493 e. The number of ether oxygens (including phenoxy) is 4. The fourth-order valence-electron chi connectivity index (χ4n) is 3.42. The average molecular weight is 401 g/mol. The highest BCUT2D eigenvalue weighted by Crippen LogP contribution is 2.38. The van der Waals surface area contributed by atoms with Gasteiger partial charge in [-0.25, -0.2) is 0 Å². The van der Waals surface area contributed by atoms with E-state index in [1.807, 2.05) is 18.3 Å². The van der Waals surface area contributed by atoms with Crippen molar-refractivity contribution in [3.05, 3.63) is 47.8 Å². The van der Waals surface area contributed by atoms with Crippen molar-refractivity contribution in [1.29, 1.82) is 0 Å². The van der Waals surface area contributed by atoms with Gasteiger partial charge in [0.1, 0.15) is 0 Å². The van der Waals surface area contributed by atoms with Crippen LogP contribution in [0.2, 0.25) is 0 Å². The zero-order valence-corrected chi connectivity index (χ0v) is 17.0. The predicted octanol–water partition coefficient (Wildman–Crippen LogP) is 1.91. The van der Waals surface area contributed by atoms with Gasteiger partial charge in [-0.2, -0.15) is 0 Å². The van der Waals surface area contributed by atoms with Crippen LogP contribution in [0.3, 0.4) is 0 Å². The van der Waals surface area contributed by atoms with E-state index in [-0.39, 0.29) is 11.9 Å². The molecule has 1 N–H and O–H groups in total. The van der Waals surface area contributed by atoms with E-state index in [9.17, 15) is 4.79 Å². The summed E-state index contributed by atoms with van der Waals surface area (Å²) in [5.74, 6) is 1.11. The molecule has 1 aliphatic rings. The molecule has 1 atom stereocenters. The predicted molar refractivity (Wildman–Crippen MR) is 108 cm³/mol. The Labute approximate surface area is 170 Å². The van der Waals surface area contributed by atoms with E-state index in [1.54, 1.807) is 18.3 Å². The molecule has 1 amide bonds. The summed E-state index contributed by atoms with van der Waals surface area (Å²) in [4.78, 5) is 19.4. The molecule has 2 aromatic rings. The normalized spacial score (nSPS) is 15.4. The second-order valence-corrected chi connectivity index (χ2v) is 6.57. The van der Waals surface area contributed by atoms with E-state index < -0.39 is 0 Å². The fourth-order valence-corrected chi connectivity index (χ4v) is 3.42. The Hall–Kier alpha value is -2.84. The number of benzene rings is 1. The van der Waals surface area contributed by atoms with Crippen LogP contribution in [0.1, 0.15) is 22.0 Å². The molecule has 1 saturated heterocycles. The van der Waals surface area contributed by atoms with Gasteiger partial charge in [-0.05, 0) is 23.8 Å². The number of nitrogens with one attached hydrogen (secondary N) is 1. The van der Waals surface area contributed by atoms with Gasteiger partial charge in [0.2, 0.25) is 5.75 Å². The third kappa shape index (κ3) is 4.96. The van der Waals surface area contributed by atoms with Crippen molar-refractivity contribution in [2.24, 2.45) is 0 Å². The van der Waals surface area contributed by atoms with Crippen molar-refractivity contribution in [1.82, 2.24) is 15.2 Å². The molecule has 1 aromatic heterocycles. The molecular formula is C21H27N3O5. The molecule has 1 aliphatic heterocycles. The van der Waals surface area contributed by atoms with Gasteiger partial charge < -0.3 is 24.3 Å². The Morgan fingerprint density at radius 3 is 2.41 bits per heavy atom. The molecule has 8 nitrogen and oxygen atoms in total. The van der Waals surface area contributed by atoms with E-state index in [2.05, 4.69) is 15.2 Å². The van der Waals surface area contributed by atoms with E-state index in [4.69, 9.17) is 18.9 Å². The van der Waals surface area contributed by atoms with Gasteiger partial charge >= 0.3 is 0 Å². The summed E-state index contributed by atoms with van der Waals surface area (Å²) in [6.07, 6.45) is 3.58. The Morgan fingerprint density at radius 1 is 1.17 bits per heavy atom. The highest BCUT2D eigenvalue weighted by Gasteiger charge is 2.24. The first kappa shape index (κ1) is 20.9. The van der Waals surface area contributed by atoms with Gasteiger partial charge in [-0.15, -0.1) is 0 Å². The monoisotopic (exact) mass is 401 g/mol. The third-order valence-electron chi connectivity index (χ3n) is 4.94. The standard InChI is InChI=1S/C21H27N3O5/c1-26-18-11-16(12-19(27-2)20(18)28-3)21(25)23-14-17(15-5-4-6-22-13-15)24-7-9-29-10-8-24/h4-6,11-13,17H,7-10,14H2,1-3H3,(H,23,25). The largest absolute Gasteiger partial charge is 0.493 e. The third-order valence-corrected chi connectivity index (χ3v) is 4.94. The number of pyridine rings is 1. The van der Waals surface area contributed by atoms with Crippen LogP contribution in [0.15, 0.2) is 36.7 Å². The molecular weight excluding hydrogens is 374 g/mol. The Kier molecular flexibility index (Phi) is 7.26. The van der Waals surface area contributed by atoms with Crippen molar-refractivity contribution in [3.8, 4) is 17.2 Å². The smallest absolute Gasteiger partial charge is 0.251 e. The summed E-state index contributed by atoms with van der Waals surface area (Å²) in [5.41, 5.74) is 1.49. The molecule has 2 heterocycles. The van der Waals surface area contributed by atoms with E-state index in [0.29, 0.717) is 42.6 Å². The summed E-state index contributed by atoms with van der Waals surface area (Å²) < 4.78 is 21.5. The highest BCUT2D eigenvalue weighted by atomic mass is 16.5. The van der Waals surface area contributed by atoms with Crippen LogP contribution in [-0.4, -0.2) is 70.0 Å². The SMILES string of the molecule is COc1cc(C(=O)NCC(c2cccnc2)N2CCOCC2)cc(OC)c1OC. The number of amides is 1. The number of rotatable bonds is 8. The van der Waals surface area contributed by atoms with E-state index in [1.165, 1.54) is 21.3 Å². The summed E-state index contributed by atoms with van der Waals surface area (Å²) in [5, 5.41) is 3.03. The van der Waals surface area contributed by atoms with Crippen LogP contribution in [0.25, 0.3) is 0 Å². The maximum atomic E-state index is 12.9. The van der Waals surface area contributed by atoms with Crippen LogP contribution in [0.5, 0.6) is 17.2 Å². The van der Waals surface area contributed by atoms with Crippen LogP contribution >= 0.6 is 0 Å². The van der Waals surface area contributed by atoms with Gasteiger partial charge in [0, 0.05) is 37.6 Å². The van der Waals surface area contributed by atoms with Gasteiger partial charge in [0.25, 0.3) is 5.91 Å². The number of hydrogen-bond donors (Lipinski definition) is 1. The van der Waals surface area contributed by atoms with Crippen molar-refractivity contribution >= 4 is 5.91 Å². The van der Waals surface area contributed by atoms with Crippen molar-refractivity contribution in [2.75, 3.05) is 54.2 Å². The van der Waals surface area contributed by atoms with E-state index in [0.717, 1.165) is 18.7 Å². The molecule has 29 heavy (non-hydrogen) atoms. The first-order valence-corrected chi connectivity index (χ1v) is 9.47. The number of hydrogen-bond acceptors (Lipinski definition) is 7. The maximum absolute atomic E-state index is 12.9. The lowest BCUT2D eigenvalue weighted by Crippen LogP contribution is -2.43. The molecule has 0 radical (unpaired) electrons. The molecule has 0 spiro atoms. The van der Waals surface area contributed by atoms with Crippen LogP contribution < -0.4 is 19.5 Å². The van der Waals surface area contributed by atoms with Crippen LogP contribution in [-0.2, 0) is 4.74 Å². The van der Waals surface area contributed by atoms with Gasteiger partial charge in [0.05, 0.1) is 40.6 Å². The molecule has 0 bridgehead atoms. The second-order valence-electron chi connectivity index (χ2n) is 6.57. The van der Waals surface area contributed by atoms with E-state index >= 15 is 0 Å². The number of carbonyl (C=O) groups excluding carboxylic acids is 1. The first-order valence-electron chi connectivity index (χ1n) is 9.47. The molecule has 1 fully saturated rings. The van der Waals surface area contributed by atoms with Crippen molar-refractivity contribution in [3.63, 3.8) is 0 Å². The first-order chi connectivity index (χ1) is 14.2. The summed E-state index contributed by atoms with van der Waals surface area (Å²) >= 11 is 0. The van der Waals surface area contributed by atoms with Gasteiger partial charge in [-0.1, -0.05) is 6.07 Å². The maximum Gasteiger partial charge on any atom is 0.251 e. The van der Waals surface area contributed by atoms with Crippen LogP contribution in [0, 0.1) is 0 Å². The molecule has 156 valence electrons. The quantitative estimate of drug-likeness (QED) is 0.724. The number of carbonyl (C=O) groups is 1. The summed E-state index contributed by atoms with van der Waals surface area (Å²) in [6.45, 7) is 3.41. The second kappa shape index (κ2) is 10.1. The number of aromatic nitrogens is 1. The number of morpholine rings is 1. The zero-order valence-electron chi connectivity index (χ0n) is 17.0. The highest BCUT2D eigenvalue weighted by molar-refractivity contribution is 5.95. The molecule has 3 rings (SSSR count). The summed E-state index contributed by atoms with van der Waals surface area (Å²) in [7, 11) is 4.58. The minimum atomic E-state index is -0.216. The minimum absolute atomic E-state index is 0.0126. The molecule has 0 saturated carbocycles. The van der Waals surface area contributed by atoms with Crippen molar-refractivity contribution in [2.45, 2.75) is 6.04 Å². The lowest BCUT2D eigenvalue weighted by molar-refractivity contribution is 0.0161. The Bertz CT molecular complexity index is 784. The average Bonchev–Trinajstić information content (AvgIpc) is 2.79. The van der Waals surface area contributed by atoms with Crippen LogP contribution in [0.4, 0.5) is 0 Å². The Morgan fingerprint density at radius 2 is 1.86 bits per heavy atom. The molecule has 1 aromatic carbocycles. The topological polar surface area (TPSA) is 82.2 Å². The van der Waals surface area contributed by atoms with Gasteiger partial charge in [-0.3, -0.25) is 14.7 Å². The fraction of sp³-hybridized carbons (Fsp3) is 0.429. The zero-order chi connectivity index (χ0) is 20.6. The summed E-state index contributed by atoms with van der Waals surface area (Å²) in [6, 6.07) is 7.23. The lowest BCUT2D eigenvalue weighted by atomic mass is 10.1. The molecule has 8 heteroatoms. The molecule has 0 aliphatic carbocycles.